The molecule has 1 aliphatic heterocycles. The predicted molar refractivity (Wildman–Crippen MR) is 137 cm³/mol. The lowest BCUT2D eigenvalue weighted by Crippen LogP contribution is -2.32. The molecule has 0 radical (unpaired) electrons. The summed E-state index contributed by atoms with van der Waals surface area (Å²) in [5.41, 5.74) is 3.43. The van der Waals surface area contributed by atoms with E-state index in [2.05, 4.69) is 19.9 Å². The number of anilines is 1. The van der Waals surface area contributed by atoms with Crippen LogP contribution >= 0.6 is 11.3 Å². The number of H-pyrrole nitrogens is 1. The molecule has 9 heteroatoms. The highest BCUT2D eigenvalue weighted by molar-refractivity contribution is 7.17. The van der Waals surface area contributed by atoms with Crippen molar-refractivity contribution in [3.8, 4) is 10.6 Å². The summed E-state index contributed by atoms with van der Waals surface area (Å²) in [6.45, 7) is 1.75. The van der Waals surface area contributed by atoms with Crippen molar-refractivity contribution in [2.45, 2.75) is 13.0 Å². The van der Waals surface area contributed by atoms with Crippen LogP contribution < -0.4 is 4.90 Å². The van der Waals surface area contributed by atoms with E-state index in [-0.39, 0.29) is 11.5 Å². The highest BCUT2D eigenvalue weighted by Crippen LogP contribution is 2.42. The summed E-state index contributed by atoms with van der Waals surface area (Å²) in [4.78, 5) is 45.4. The van der Waals surface area contributed by atoms with Crippen LogP contribution in [0.3, 0.4) is 0 Å². The van der Waals surface area contributed by atoms with Crippen LogP contribution in [0.5, 0.6) is 0 Å². The Hall–Kier alpha value is -4.63. The number of rotatable bonds is 5. The molecule has 0 bridgehead atoms. The van der Waals surface area contributed by atoms with Gasteiger partial charge in [-0.1, -0.05) is 42.5 Å². The van der Waals surface area contributed by atoms with Crippen molar-refractivity contribution < 1.29 is 14.7 Å². The molecule has 36 heavy (non-hydrogen) atoms. The van der Waals surface area contributed by atoms with E-state index >= 15 is 0 Å². The van der Waals surface area contributed by atoms with E-state index in [9.17, 15) is 14.7 Å². The SMILES string of the molecule is Cc1nc(-c2ccccc2)sc1C(=O)C1=C(O)C(=O)N(c2nc3ccccc3[nH]2)C1c1ccncc1. The first-order valence-electron chi connectivity index (χ1n) is 11.2. The number of aliphatic hydroxyl groups is 1. The van der Waals surface area contributed by atoms with Gasteiger partial charge in [0, 0.05) is 18.0 Å². The summed E-state index contributed by atoms with van der Waals surface area (Å²) in [5, 5.41) is 11.7. The van der Waals surface area contributed by atoms with Crippen molar-refractivity contribution in [1.82, 2.24) is 19.9 Å². The van der Waals surface area contributed by atoms with Crippen LogP contribution in [0, 0.1) is 6.92 Å². The minimum atomic E-state index is -0.893. The average molecular weight is 494 g/mol. The lowest BCUT2D eigenvalue weighted by Gasteiger charge is -2.24. The van der Waals surface area contributed by atoms with Crippen LogP contribution in [0.4, 0.5) is 5.95 Å². The van der Waals surface area contributed by atoms with Crippen molar-refractivity contribution in [2.75, 3.05) is 4.90 Å². The number of imidazole rings is 1. The van der Waals surface area contributed by atoms with E-state index < -0.39 is 23.5 Å². The maximum Gasteiger partial charge on any atom is 0.296 e. The van der Waals surface area contributed by atoms with Gasteiger partial charge in [0.1, 0.15) is 5.01 Å². The Labute approximate surface area is 209 Å². The van der Waals surface area contributed by atoms with Crippen LogP contribution in [0.2, 0.25) is 0 Å². The van der Waals surface area contributed by atoms with Crippen molar-refractivity contribution in [3.63, 3.8) is 0 Å². The topological polar surface area (TPSA) is 112 Å². The molecule has 1 aliphatic rings. The summed E-state index contributed by atoms with van der Waals surface area (Å²) < 4.78 is 0. The molecule has 2 N–H and O–H groups in total. The Bertz CT molecular complexity index is 1620. The highest BCUT2D eigenvalue weighted by atomic mass is 32.1. The van der Waals surface area contributed by atoms with Crippen molar-refractivity contribution >= 4 is 40.0 Å². The number of carbonyl (C=O) groups excluding carboxylic acids is 2. The van der Waals surface area contributed by atoms with Gasteiger partial charge >= 0.3 is 0 Å². The molecule has 176 valence electrons. The molecule has 2 aromatic carbocycles. The number of aromatic amines is 1. The number of Topliss-reactive ketones (excluding diaryl/α,β-unsaturated/α-hetero) is 1. The van der Waals surface area contributed by atoms with Gasteiger partial charge in [0.25, 0.3) is 5.91 Å². The molecule has 0 aliphatic carbocycles. The summed E-state index contributed by atoms with van der Waals surface area (Å²) in [5.74, 6) is -1.51. The molecule has 0 spiro atoms. The van der Waals surface area contributed by atoms with Crippen LogP contribution in [-0.2, 0) is 4.79 Å². The van der Waals surface area contributed by atoms with Gasteiger partial charge < -0.3 is 10.1 Å². The molecular formula is C27H19N5O3S. The Kier molecular flexibility index (Phi) is 5.19. The Balaban J connectivity index is 1.48. The van der Waals surface area contributed by atoms with E-state index in [1.165, 1.54) is 16.2 Å². The molecule has 5 aromatic rings. The van der Waals surface area contributed by atoms with Gasteiger partial charge in [-0.25, -0.2) is 9.97 Å². The van der Waals surface area contributed by atoms with Crippen LogP contribution in [-0.4, -0.2) is 36.7 Å². The zero-order chi connectivity index (χ0) is 24.8. The standard InChI is InChI=1S/C27H19N5O3S/c1-15-24(36-25(29-15)17-7-3-2-4-8-17)22(33)20-21(16-11-13-28-14-12-16)32(26(35)23(20)34)27-30-18-9-5-6-10-19(18)31-27/h2-14,21,34H,1H3,(H,30,31). The number of aliphatic hydroxyl groups excluding tert-OH is 1. The number of benzene rings is 2. The number of ketones is 1. The van der Waals surface area contributed by atoms with Crippen LogP contribution in [0.15, 0.2) is 90.5 Å². The maximum atomic E-state index is 13.9. The number of carbonyl (C=O) groups is 2. The van der Waals surface area contributed by atoms with Gasteiger partial charge in [-0.15, -0.1) is 11.3 Å². The second kappa shape index (κ2) is 8.54. The lowest BCUT2D eigenvalue weighted by atomic mass is 9.96. The van der Waals surface area contributed by atoms with Gasteiger partial charge in [-0.05, 0) is 36.8 Å². The van der Waals surface area contributed by atoms with Gasteiger partial charge in [0.2, 0.25) is 11.7 Å². The van der Waals surface area contributed by atoms with E-state index in [0.29, 0.717) is 26.7 Å². The van der Waals surface area contributed by atoms with E-state index in [4.69, 9.17) is 0 Å². The molecule has 0 fully saturated rings. The Morgan fingerprint density at radius 1 is 1.00 bits per heavy atom. The smallest absolute Gasteiger partial charge is 0.296 e. The number of pyridine rings is 1. The molecule has 3 aromatic heterocycles. The number of amides is 1. The lowest BCUT2D eigenvalue weighted by molar-refractivity contribution is -0.117. The fraction of sp³-hybridized carbons (Fsp3) is 0.0741. The molecule has 1 amide bonds. The molecular weight excluding hydrogens is 474 g/mol. The molecule has 0 saturated heterocycles. The average Bonchev–Trinajstić information content (AvgIpc) is 3.58. The monoisotopic (exact) mass is 493 g/mol. The normalized spacial score (nSPS) is 15.8. The number of hydrogen-bond acceptors (Lipinski definition) is 7. The number of aromatic nitrogens is 4. The molecule has 8 nitrogen and oxygen atoms in total. The summed E-state index contributed by atoms with van der Waals surface area (Å²) in [7, 11) is 0. The summed E-state index contributed by atoms with van der Waals surface area (Å²) in [6.07, 6.45) is 3.17. The Morgan fingerprint density at radius 2 is 1.72 bits per heavy atom. The summed E-state index contributed by atoms with van der Waals surface area (Å²) in [6, 6.07) is 19.5. The number of para-hydroxylation sites is 2. The minimum Gasteiger partial charge on any atom is -0.503 e. The second-order valence-corrected chi connectivity index (χ2v) is 9.33. The van der Waals surface area contributed by atoms with Crippen LogP contribution in [0.1, 0.15) is 27.0 Å². The number of aryl methyl sites for hydroxylation is 1. The summed E-state index contributed by atoms with van der Waals surface area (Å²) >= 11 is 1.24. The van der Waals surface area contributed by atoms with Crippen LogP contribution in [0.25, 0.3) is 21.6 Å². The molecule has 6 rings (SSSR count). The highest BCUT2D eigenvalue weighted by Gasteiger charge is 2.46. The minimum absolute atomic E-state index is 0.0157. The number of hydrogen-bond donors (Lipinski definition) is 2. The fourth-order valence-corrected chi connectivity index (χ4v) is 5.43. The molecule has 1 unspecified atom stereocenters. The first-order valence-corrected chi connectivity index (χ1v) is 12.0. The number of fused-ring (bicyclic) bond motifs is 1. The van der Waals surface area contributed by atoms with Gasteiger partial charge in [0.05, 0.1) is 33.2 Å². The quantitative estimate of drug-likeness (QED) is 0.327. The maximum absolute atomic E-state index is 13.9. The van der Waals surface area contributed by atoms with E-state index in [1.54, 1.807) is 31.5 Å². The third kappa shape index (κ3) is 3.48. The van der Waals surface area contributed by atoms with E-state index in [1.807, 2.05) is 54.6 Å². The zero-order valence-corrected chi connectivity index (χ0v) is 19.9. The first-order chi connectivity index (χ1) is 17.5. The number of nitrogens with one attached hydrogen (secondary N) is 1. The largest absolute Gasteiger partial charge is 0.503 e. The van der Waals surface area contributed by atoms with Crippen molar-refractivity contribution in [1.29, 1.82) is 0 Å². The number of thiazole rings is 1. The Morgan fingerprint density at radius 3 is 2.47 bits per heavy atom. The van der Waals surface area contributed by atoms with Gasteiger partial charge in [-0.3, -0.25) is 19.5 Å². The molecule has 4 heterocycles. The third-order valence-corrected chi connectivity index (χ3v) is 7.31. The second-order valence-electron chi connectivity index (χ2n) is 8.33. The van der Waals surface area contributed by atoms with E-state index in [0.717, 1.165) is 11.1 Å². The van der Waals surface area contributed by atoms with Gasteiger partial charge in [0.15, 0.2) is 5.76 Å². The third-order valence-electron chi connectivity index (χ3n) is 6.10. The fourth-order valence-electron chi connectivity index (χ4n) is 4.40. The van der Waals surface area contributed by atoms with Crippen molar-refractivity contribution in [2.24, 2.45) is 0 Å². The van der Waals surface area contributed by atoms with Gasteiger partial charge in [-0.2, -0.15) is 0 Å². The van der Waals surface area contributed by atoms with Crippen molar-refractivity contribution in [3.05, 3.63) is 107 Å². The first kappa shape index (κ1) is 21.9. The zero-order valence-electron chi connectivity index (χ0n) is 19.0. The molecule has 0 saturated carbocycles. The predicted octanol–water partition coefficient (Wildman–Crippen LogP) is 5.17. The molecule has 1 atom stereocenters. The number of nitrogens with zero attached hydrogens (tertiary/aromatic N) is 4.